The molecule has 0 aliphatic carbocycles. The summed E-state index contributed by atoms with van der Waals surface area (Å²) in [6, 6.07) is 5.15. The van der Waals surface area contributed by atoms with E-state index < -0.39 is 27.9 Å². The van der Waals surface area contributed by atoms with Crippen LogP contribution in [-0.2, 0) is 14.8 Å². The number of sulfonamides is 1. The van der Waals surface area contributed by atoms with E-state index in [-0.39, 0.29) is 11.3 Å². The molecule has 7 nitrogen and oxygen atoms in total. The van der Waals surface area contributed by atoms with E-state index in [0.29, 0.717) is 31.5 Å². The zero-order valence-corrected chi connectivity index (χ0v) is 14.4. The Hall–Kier alpha value is -1.93. The van der Waals surface area contributed by atoms with Gasteiger partial charge in [0.05, 0.1) is 11.3 Å². The fourth-order valence-corrected chi connectivity index (χ4v) is 4.62. The smallest absolute Gasteiger partial charge is 0.335 e. The number of amides is 1. The summed E-state index contributed by atoms with van der Waals surface area (Å²) in [7, 11) is -3.45. The van der Waals surface area contributed by atoms with Crippen molar-refractivity contribution in [3.63, 3.8) is 0 Å². The third kappa shape index (κ3) is 4.33. The number of hydrogen-bond acceptors (Lipinski definition) is 4. The van der Waals surface area contributed by atoms with Crippen molar-refractivity contribution in [2.75, 3.05) is 17.6 Å². The topological polar surface area (TPSA) is 104 Å². The molecule has 24 heavy (non-hydrogen) atoms. The van der Waals surface area contributed by atoms with E-state index in [4.69, 9.17) is 5.11 Å². The van der Waals surface area contributed by atoms with Crippen molar-refractivity contribution in [1.29, 1.82) is 0 Å². The number of benzene rings is 1. The Labute approximate surface area is 141 Å². The second-order valence-corrected chi connectivity index (χ2v) is 7.85. The monoisotopic (exact) mass is 354 g/mol. The number of carbonyl (C=O) groups is 2. The molecular weight excluding hydrogens is 332 g/mol. The van der Waals surface area contributed by atoms with Crippen molar-refractivity contribution >= 4 is 27.6 Å². The molecule has 2 rings (SSSR count). The Balaban J connectivity index is 2.11. The highest BCUT2D eigenvalue weighted by molar-refractivity contribution is 7.89. The van der Waals surface area contributed by atoms with Crippen molar-refractivity contribution in [1.82, 2.24) is 4.31 Å². The molecule has 1 amide bonds. The normalized spacial score (nSPS) is 18.5. The van der Waals surface area contributed by atoms with E-state index in [1.807, 2.05) is 6.92 Å². The summed E-state index contributed by atoms with van der Waals surface area (Å²) >= 11 is 0. The summed E-state index contributed by atoms with van der Waals surface area (Å²) in [5, 5.41) is 11.6. The van der Waals surface area contributed by atoms with Gasteiger partial charge in [-0.25, -0.2) is 13.2 Å². The van der Waals surface area contributed by atoms with Gasteiger partial charge < -0.3 is 10.4 Å². The van der Waals surface area contributed by atoms with Crippen LogP contribution in [0.2, 0.25) is 0 Å². The zero-order chi connectivity index (χ0) is 17.7. The minimum atomic E-state index is -3.45. The van der Waals surface area contributed by atoms with Crippen LogP contribution in [0.1, 0.15) is 43.0 Å². The van der Waals surface area contributed by atoms with E-state index in [1.165, 1.54) is 22.5 Å². The third-order valence-electron chi connectivity index (χ3n) is 4.00. The Bertz CT molecular complexity index is 717. The lowest BCUT2D eigenvalue weighted by atomic mass is 10.2. The molecule has 1 aliphatic heterocycles. The molecule has 1 saturated heterocycles. The first-order valence-corrected chi connectivity index (χ1v) is 9.60. The Morgan fingerprint density at radius 3 is 2.79 bits per heavy atom. The van der Waals surface area contributed by atoms with Crippen LogP contribution in [-0.4, -0.2) is 48.0 Å². The Morgan fingerprint density at radius 1 is 1.38 bits per heavy atom. The molecule has 1 aromatic rings. The third-order valence-corrected chi connectivity index (χ3v) is 5.95. The number of carbonyl (C=O) groups excluding carboxylic acids is 1. The lowest BCUT2D eigenvalue weighted by Crippen LogP contribution is -2.44. The molecule has 132 valence electrons. The molecule has 2 N–H and O–H groups in total. The zero-order valence-electron chi connectivity index (χ0n) is 13.6. The van der Waals surface area contributed by atoms with E-state index in [2.05, 4.69) is 5.32 Å². The minimum Gasteiger partial charge on any atom is -0.478 e. The number of hydrogen-bond donors (Lipinski definition) is 2. The van der Waals surface area contributed by atoms with Crippen LogP contribution in [0.5, 0.6) is 0 Å². The molecule has 1 atom stereocenters. The van der Waals surface area contributed by atoms with Crippen LogP contribution in [0.3, 0.4) is 0 Å². The van der Waals surface area contributed by atoms with E-state index in [0.717, 1.165) is 6.42 Å². The molecule has 8 heteroatoms. The number of nitrogens with zero attached hydrogens (tertiary/aromatic N) is 1. The first-order valence-electron chi connectivity index (χ1n) is 7.99. The summed E-state index contributed by atoms with van der Waals surface area (Å²) in [6.07, 6.45) is 2.44. The van der Waals surface area contributed by atoms with Gasteiger partial charge in [0.2, 0.25) is 15.9 Å². The van der Waals surface area contributed by atoms with Crippen LogP contribution in [0, 0.1) is 0 Å². The molecule has 1 heterocycles. The number of carboxylic acid groups (broad SMARTS) is 1. The largest absolute Gasteiger partial charge is 0.478 e. The number of unbranched alkanes of at least 4 members (excludes halogenated alkanes) is 1. The van der Waals surface area contributed by atoms with Gasteiger partial charge in [0.25, 0.3) is 0 Å². The highest BCUT2D eigenvalue weighted by Gasteiger charge is 2.38. The van der Waals surface area contributed by atoms with Crippen LogP contribution in [0.25, 0.3) is 0 Å². The average Bonchev–Trinajstić information content (AvgIpc) is 3.04. The predicted octanol–water partition coefficient (Wildman–Crippen LogP) is 1.92. The van der Waals surface area contributed by atoms with Crippen LogP contribution < -0.4 is 5.32 Å². The van der Waals surface area contributed by atoms with E-state index in [1.54, 1.807) is 6.07 Å². The fraction of sp³-hybridized carbons (Fsp3) is 0.500. The van der Waals surface area contributed by atoms with Gasteiger partial charge in [-0.2, -0.15) is 4.31 Å². The molecule has 1 aromatic carbocycles. The maximum atomic E-state index is 12.5. The summed E-state index contributed by atoms with van der Waals surface area (Å²) < 4.78 is 26.0. The molecule has 0 aromatic heterocycles. The quantitative estimate of drug-likeness (QED) is 0.778. The van der Waals surface area contributed by atoms with Crippen LogP contribution in [0.15, 0.2) is 24.3 Å². The summed E-state index contributed by atoms with van der Waals surface area (Å²) in [5.74, 6) is -1.47. The second kappa shape index (κ2) is 7.76. The molecule has 0 spiro atoms. The maximum absolute atomic E-state index is 12.5. The molecule has 0 bridgehead atoms. The van der Waals surface area contributed by atoms with Crippen LogP contribution >= 0.6 is 0 Å². The summed E-state index contributed by atoms with van der Waals surface area (Å²) in [4.78, 5) is 23.4. The summed E-state index contributed by atoms with van der Waals surface area (Å²) in [6.45, 7) is 2.26. The van der Waals surface area contributed by atoms with Crippen molar-refractivity contribution < 1.29 is 23.1 Å². The van der Waals surface area contributed by atoms with Gasteiger partial charge in [0, 0.05) is 12.2 Å². The van der Waals surface area contributed by atoms with Gasteiger partial charge in [0.1, 0.15) is 6.04 Å². The van der Waals surface area contributed by atoms with E-state index in [9.17, 15) is 18.0 Å². The molecule has 1 unspecified atom stereocenters. The van der Waals surface area contributed by atoms with Gasteiger partial charge >= 0.3 is 5.97 Å². The fourth-order valence-electron chi connectivity index (χ4n) is 2.73. The average molecular weight is 354 g/mol. The number of rotatable bonds is 7. The highest BCUT2D eigenvalue weighted by Crippen LogP contribution is 2.23. The SMILES string of the molecule is CCCCS(=O)(=O)N1CCCC1C(=O)Nc1cccc(C(=O)O)c1. The van der Waals surface area contributed by atoms with Crippen molar-refractivity contribution in [3.8, 4) is 0 Å². The number of carboxylic acids is 1. The second-order valence-electron chi connectivity index (χ2n) is 5.81. The standard InChI is InChI=1S/C16H22N2O5S/c1-2-3-10-24(22,23)18-9-5-8-14(18)15(19)17-13-7-4-6-12(11-13)16(20)21/h4,6-7,11,14H,2-3,5,8-10H2,1H3,(H,17,19)(H,20,21). The van der Waals surface area contributed by atoms with Crippen molar-refractivity contribution in [3.05, 3.63) is 29.8 Å². The van der Waals surface area contributed by atoms with Crippen molar-refractivity contribution in [2.45, 2.75) is 38.6 Å². The Kier molecular flexibility index (Phi) is 5.95. The number of anilines is 1. The minimum absolute atomic E-state index is 0.0434. The van der Waals surface area contributed by atoms with Gasteiger partial charge in [0.15, 0.2) is 0 Å². The van der Waals surface area contributed by atoms with Gasteiger partial charge in [-0.1, -0.05) is 19.4 Å². The lowest BCUT2D eigenvalue weighted by molar-refractivity contribution is -0.119. The molecular formula is C16H22N2O5S. The predicted molar refractivity (Wildman–Crippen MR) is 90.5 cm³/mol. The van der Waals surface area contributed by atoms with Gasteiger partial charge in [-0.3, -0.25) is 4.79 Å². The maximum Gasteiger partial charge on any atom is 0.335 e. The Morgan fingerprint density at radius 2 is 2.12 bits per heavy atom. The van der Waals surface area contributed by atoms with E-state index >= 15 is 0 Å². The summed E-state index contributed by atoms with van der Waals surface area (Å²) in [5.41, 5.74) is 0.407. The number of aromatic carboxylic acids is 1. The van der Waals surface area contributed by atoms with Gasteiger partial charge in [-0.05, 0) is 37.5 Å². The highest BCUT2D eigenvalue weighted by atomic mass is 32.2. The number of nitrogens with one attached hydrogen (secondary N) is 1. The molecule has 0 radical (unpaired) electrons. The van der Waals surface area contributed by atoms with Crippen LogP contribution in [0.4, 0.5) is 5.69 Å². The first kappa shape index (κ1) is 18.4. The molecule has 1 aliphatic rings. The van der Waals surface area contributed by atoms with Gasteiger partial charge in [-0.15, -0.1) is 0 Å². The molecule has 0 saturated carbocycles. The first-order chi connectivity index (χ1) is 11.3. The molecule has 1 fully saturated rings. The van der Waals surface area contributed by atoms with Crippen molar-refractivity contribution in [2.24, 2.45) is 0 Å². The lowest BCUT2D eigenvalue weighted by Gasteiger charge is -2.23.